The fraction of sp³-hybridized carbons (Fsp3) is 0.0909. The Balaban J connectivity index is 2.11. The quantitative estimate of drug-likeness (QED) is 0.537. The lowest BCUT2D eigenvalue weighted by molar-refractivity contribution is 0.415. The van der Waals surface area contributed by atoms with Gasteiger partial charge < -0.3 is 4.74 Å². The van der Waals surface area contributed by atoms with Crippen molar-refractivity contribution in [3.05, 3.63) is 95.0 Å². The standard InChI is InChI=1S/C22H19ClO/c1-15-8-4-5-9-18(15)16(2)19-10-6-7-11-20(19)17-12-13-22(24-3)21(23)14-17/h4-14H,2H2,1,3H3. The molecule has 0 aliphatic rings. The Hall–Kier alpha value is -2.51. The molecule has 24 heavy (non-hydrogen) atoms. The van der Waals surface area contributed by atoms with Crippen molar-refractivity contribution in [3.8, 4) is 16.9 Å². The molecule has 0 aliphatic carbocycles. The van der Waals surface area contributed by atoms with E-state index in [1.807, 2.05) is 42.5 Å². The molecule has 0 N–H and O–H groups in total. The monoisotopic (exact) mass is 334 g/mol. The van der Waals surface area contributed by atoms with Crippen molar-refractivity contribution in [3.63, 3.8) is 0 Å². The van der Waals surface area contributed by atoms with E-state index in [2.05, 4.69) is 37.8 Å². The van der Waals surface area contributed by atoms with Crippen molar-refractivity contribution in [2.75, 3.05) is 7.11 Å². The fourth-order valence-electron chi connectivity index (χ4n) is 2.89. The van der Waals surface area contributed by atoms with E-state index in [1.165, 1.54) is 5.56 Å². The van der Waals surface area contributed by atoms with Crippen LogP contribution in [-0.2, 0) is 0 Å². The van der Waals surface area contributed by atoms with Gasteiger partial charge in [-0.15, -0.1) is 0 Å². The third-order valence-electron chi connectivity index (χ3n) is 4.19. The Kier molecular flexibility index (Phi) is 4.73. The maximum atomic E-state index is 6.31. The van der Waals surface area contributed by atoms with Gasteiger partial charge in [-0.25, -0.2) is 0 Å². The Morgan fingerprint density at radius 1 is 0.917 bits per heavy atom. The summed E-state index contributed by atoms with van der Waals surface area (Å²) in [5.74, 6) is 0.677. The van der Waals surface area contributed by atoms with Crippen LogP contribution in [0.3, 0.4) is 0 Å². The normalized spacial score (nSPS) is 10.5. The van der Waals surface area contributed by atoms with E-state index in [0.717, 1.165) is 27.8 Å². The SMILES string of the molecule is C=C(c1ccccc1C)c1ccccc1-c1ccc(OC)c(Cl)c1. The van der Waals surface area contributed by atoms with Crippen molar-refractivity contribution < 1.29 is 4.74 Å². The van der Waals surface area contributed by atoms with E-state index in [0.29, 0.717) is 10.8 Å². The molecule has 0 atom stereocenters. The highest BCUT2D eigenvalue weighted by Crippen LogP contribution is 2.36. The van der Waals surface area contributed by atoms with E-state index in [4.69, 9.17) is 16.3 Å². The zero-order chi connectivity index (χ0) is 17.1. The Morgan fingerprint density at radius 2 is 1.58 bits per heavy atom. The highest BCUT2D eigenvalue weighted by Gasteiger charge is 2.12. The molecule has 0 saturated carbocycles. The lowest BCUT2D eigenvalue weighted by Crippen LogP contribution is -1.93. The number of ether oxygens (including phenoxy) is 1. The van der Waals surface area contributed by atoms with Crippen LogP contribution in [0, 0.1) is 6.92 Å². The van der Waals surface area contributed by atoms with Gasteiger partial charge in [-0.1, -0.05) is 72.8 Å². The summed E-state index contributed by atoms with van der Waals surface area (Å²) < 4.78 is 5.25. The second kappa shape index (κ2) is 6.94. The molecule has 0 aliphatic heterocycles. The zero-order valence-electron chi connectivity index (χ0n) is 13.8. The van der Waals surface area contributed by atoms with Crippen LogP contribution in [0.1, 0.15) is 16.7 Å². The first kappa shape index (κ1) is 16.4. The first-order chi connectivity index (χ1) is 11.6. The second-order valence-corrected chi connectivity index (χ2v) is 6.10. The first-order valence-electron chi connectivity index (χ1n) is 7.80. The van der Waals surface area contributed by atoms with Gasteiger partial charge in [-0.3, -0.25) is 0 Å². The van der Waals surface area contributed by atoms with Crippen LogP contribution in [0.2, 0.25) is 5.02 Å². The van der Waals surface area contributed by atoms with Crippen molar-refractivity contribution in [1.29, 1.82) is 0 Å². The van der Waals surface area contributed by atoms with Gasteiger partial charge in [-0.05, 0) is 52.4 Å². The number of methoxy groups -OCH3 is 1. The molecule has 0 unspecified atom stereocenters. The second-order valence-electron chi connectivity index (χ2n) is 5.69. The van der Waals surface area contributed by atoms with Gasteiger partial charge in [0.15, 0.2) is 0 Å². The van der Waals surface area contributed by atoms with Crippen molar-refractivity contribution >= 4 is 17.2 Å². The minimum absolute atomic E-state index is 0.603. The largest absolute Gasteiger partial charge is 0.495 e. The number of rotatable bonds is 4. The van der Waals surface area contributed by atoms with Crippen LogP contribution >= 0.6 is 11.6 Å². The molecule has 3 rings (SSSR count). The number of hydrogen-bond donors (Lipinski definition) is 0. The molecule has 0 fully saturated rings. The molecule has 0 radical (unpaired) electrons. The minimum Gasteiger partial charge on any atom is -0.495 e. The summed E-state index contributed by atoms with van der Waals surface area (Å²) in [5.41, 5.74) is 6.64. The number of aryl methyl sites for hydroxylation is 1. The summed E-state index contributed by atoms with van der Waals surface area (Å²) >= 11 is 6.31. The van der Waals surface area contributed by atoms with Gasteiger partial charge in [0.1, 0.15) is 5.75 Å². The third-order valence-corrected chi connectivity index (χ3v) is 4.48. The van der Waals surface area contributed by atoms with Crippen LogP contribution in [0.15, 0.2) is 73.3 Å². The molecule has 0 heterocycles. The fourth-order valence-corrected chi connectivity index (χ4v) is 3.15. The summed E-state index contributed by atoms with van der Waals surface area (Å²) in [6, 6.07) is 22.4. The summed E-state index contributed by atoms with van der Waals surface area (Å²) in [5, 5.41) is 0.603. The van der Waals surface area contributed by atoms with Gasteiger partial charge >= 0.3 is 0 Å². The maximum absolute atomic E-state index is 6.31. The molecule has 3 aromatic carbocycles. The molecule has 0 bridgehead atoms. The summed E-state index contributed by atoms with van der Waals surface area (Å²) in [7, 11) is 1.62. The molecular weight excluding hydrogens is 316 g/mol. The molecule has 0 amide bonds. The molecule has 2 heteroatoms. The van der Waals surface area contributed by atoms with Crippen molar-refractivity contribution in [1.82, 2.24) is 0 Å². The Morgan fingerprint density at radius 3 is 2.25 bits per heavy atom. The number of halogens is 1. The van der Waals surface area contributed by atoms with E-state index in [1.54, 1.807) is 7.11 Å². The van der Waals surface area contributed by atoms with Gasteiger partial charge in [0.2, 0.25) is 0 Å². The molecule has 0 spiro atoms. The molecule has 120 valence electrons. The summed E-state index contributed by atoms with van der Waals surface area (Å²) in [4.78, 5) is 0. The number of benzene rings is 3. The highest BCUT2D eigenvalue weighted by atomic mass is 35.5. The van der Waals surface area contributed by atoms with Crippen LogP contribution < -0.4 is 4.74 Å². The smallest absolute Gasteiger partial charge is 0.137 e. The van der Waals surface area contributed by atoms with E-state index in [9.17, 15) is 0 Å². The first-order valence-corrected chi connectivity index (χ1v) is 8.18. The van der Waals surface area contributed by atoms with Gasteiger partial charge in [0, 0.05) is 0 Å². The van der Waals surface area contributed by atoms with E-state index in [-0.39, 0.29) is 0 Å². The van der Waals surface area contributed by atoms with Gasteiger partial charge in [0.25, 0.3) is 0 Å². The predicted molar refractivity (Wildman–Crippen MR) is 103 cm³/mol. The minimum atomic E-state index is 0.603. The highest BCUT2D eigenvalue weighted by molar-refractivity contribution is 6.32. The zero-order valence-corrected chi connectivity index (χ0v) is 14.6. The average Bonchev–Trinajstić information content (AvgIpc) is 2.61. The Labute approximate surface area is 148 Å². The molecule has 0 aromatic heterocycles. The molecular formula is C22H19ClO. The Bertz CT molecular complexity index is 896. The van der Waals surface area contributed by atoms with Gasteiger partial charge in [0.05, 0.1) is 12.1 Å². The maximum Gasteiger partial charge on any atom is 0.137 e. The van der Waals surface area contributed by atoms with E-state index < -0.39 is 0 Å². The summed E-state index contributed by atoms with van der Waals surface area (Å²) in [6.07, 6.45) is 0. The number of hydrogen-bond acceptors (Lipinski definition) is 1. The van der Waals surface area contributed by atoms with Crippen molar-refractivity contribution in [2.45, 2.75) is 6.92 Å². The van der Waals surface area contributed by atoms with Gasteiger partial charge in [-0.2, -0.15) is 0 Å². The van der Waals surface area contributed by atoms with E-state index >= 15 is 0 Å². The average molecular weight is 335 g/mol. The molecule has 3 aromatic rings. The molecule has 0 saturated heterocycles. The predicted octanol–water partition coefficient (Wildman–Crippen LogP) is 6.39. The van der Waals surface area contributed by atoms with Crippen LogP contribution in [0.25, 0.3) is 16.7 Å². The summed E-state index contributed by atoms with van der Waals surface area (Å²) in [6.45, 7) is 6.45. The lowest BCUT2D eigenvalue weighted by atomic mass is 9.90. The van der Waals surface area contributed by atoms with Crippen LogP contribution in [0.5, 0.6) is 5.75 Å². The van der Waals surface area contributed by atoms with Crippen LogP contribution in [0.4, 0.5) is 0 Å². The van der Waals surface area contributed by atoms with Crippen LogP contribution in [-0.4, -0.2) is 7.11 Å². The third kappa shape index (κ3) is 3.08. The van der Waals surface area contributed by atoms with Crippen molar-refractivity contribution in [2.24, 2.45) is 0 Å². The lowest BCUT2D eigenvalue weighted by Gasteiger charge is -2.15. The topological polar surface area (TPSA) is 9.23 Å². The molecule has 1 nitrogen and oxygen atoms in total.